The molecular weight excluding hydrogens is 332 g/mol. The van der Waals surface area contributed by atoms with E-state index in [0.717, 1.165) is 18.4 Å². The summed E-state index contributed by atoms with van der Waals surface area (Å²) in [6, 6.07) is 3.96. The molecule has 134 valence electrons. The Morgan fingerprint density at radius 3 is 2.83 bits per heavy atom. The van der Waals surface area contributed by atoms with Gasteiger partial charge in [0, 0.05) is 13.2 Å². The van der Waals surface area contributed by atoms with Crippen LogP contribution in [0.15, 0.2) is 23.1 Å². The second-order valence-corrected chi connectivity index (χ2v) is 7.56. The van der Waals surface area contributed by atoms with Crippen molar-refractivity contribution in [3.8, 4) is 5.75 Å². The third kappa shape index (κ3) is 4.68. The molecule has 2 rings (SSSR count). The number of amides is 1. The predicted molar refractivity (Wildman–Crippen MR) is 89.5 cm³/mol. The Kier molecular flexibility index (Phi) is 6.20. The molecule has 1 aliphatic heterocycles. The van der Waals surface area contributed by atoms with Gasteiger partial charge in [-0.3, -0.25) is 4.79 Å². The molecule has 0 aromatic heterocycles. The van der Waals surface area contributed by atoms with Gasteiger partial charge in [0.2, 0.25) is 15.9 Å². The summed E-state index contributed by atoms with van der Waals surface area (Å²) < 4.78 is 38.0. The average molecular weight is 356 g/mol. The topological polar surface area (TPSA) is 93.7 Å². The van der Waals surface area contributed by atoms with Crippen LogP contribution in [0.3, 0.4) is 0 Å². The molecule has 24 heavy (non-hydrogen) atoms. The maximum Gasteiger partial charge on any atom is 0.244 e. The van der Waals surface area contributed by atoms with Crippen LogP contribution in [0.2, 0.25) is 0 Å². The van der Waals surface area contributed by atoms with Gasteiger partial charge in [0.05, 0.1) is 19.3 Å². The number of aryl methyl sites for hydroxylation is 1. The molecule has 0 aliphatic carbocycles. The molecule has 0 saturated carbocycles. The molecule has 0 spiro atoms. The molecule has 1 heterocycles. The van der Waals surface area contributed by atoms with Crippen molar-refractivity contribution in [1.29, 1.82) is 0 Å². The minimum Gasteiger partial charge on any atom is -0.495 e. The lowest BCUT2D eigenvalue weighted by Crippen LogP contribution is -2.46. The summed E-state index contributed by atoms with van der Waals surface area (Å²) in [5, 5.41) is 2.72. The van der Waals surface area contributed by atoms with Crippen molar-refractivity contribution in [3.63, 3.8) is 0 Å². The van der Waals surface area contributed by atoms with Crippen molar-refractivity contribution in [2.24, 2.45) is 0 Å². The number of nitrogens with one attached hydrogen (secondary N) is 2. The van der Waals surface area contributed by atoms with Gasteiger partial charge in [-0.25, -0.2) is 8.42 Å². The van der Waals surface area contributed by atoms with E-state index in [2.05, 4.69) is 10.0 Å². The first-order valence-corrected chi connectivity index (χ1v) is 9.38. The largest absolute Gasteiger partial charge is 0.495 e. The second-order valence-electron chi connectivity index (χ2n) is 5.88. The van der Waals surface area contributed by atoms with Crippen LogP contribution in [-0.2, 0) is 19.6 Å². The molecule has 2 atom stereocenters. The normalized spacial score (nSPS) is 19.0. The fourth-order valence-electron chi connectivity index (χ4n) is 2.52. The Labute approximate surface area is 142 Å². The Morgan fingerprint density at radius 1 is 1.46 bits per heavy atom. The van der Waals surface area contributed by atoms with Crippen LogP contribution in [0.1, 0.15) is 25.3 Å². The maximum absolute atomic E-state index is 12.5. The van der Waals surface area contributed by atoms with Crippen LogP contribution in [0.5, 0.6) is 5.75 Å². The molecule has 0 unspecified atom stereocenters. The third-order valence-electron chi connectivity index (χ3n) is 3.86. The van der Waals surface area contributed by atoms with E-state index >= 15 is 0 Å². The number of carbonyl (C=O) groups excluding carboxylic acids is 1. The molecule has 1 amide bonds. The van der Waals surface area contributed by atoms with Crippen molar-refractivity contribution in [1.82, 2.24) is 10.0 Å². The SMILES string of the molecule is COc1ccc(C)cc1S(=O)(=O)N[C@@H](C)C(=O)NC[C@@H]1CCCO1. The van der Waals surface area contributed by atoms with Crippen molar-refractivity contribution in [3.05, 3.63) is 23.8 Å². The van der Waals surface area contributed by atoms with E-state index in [1.807, 2.05) is 0 Å². The third-order valence-corrected chi connectivity index (χ3v) is 5.42. The number of ether oxygens (including phenoxy) is 2. The van der Waals surface area contributed by atoms with E-state index in [1.165, 1.54) is 20.1 Å². The van der Waals surface area contributed by atoms with Crippen LogP contribution in [-0.4, -0.2) is 46.7 Å². The molecule has 1 saturated heterocycles. The van der Waals surface area contributed by atoms with Crippen LogP contribution in [0.4, 0.5) is 0 Å². The predicted octanol–water partition coefficient (Wildman–Crippen LogP) is 0.966. The van der Waals surface area contributed by atoms with E-state index in [1.54, 1.807) is 19.1 Å². The number of sulfonamides is 1. The molecule has 8 heteroatoms. The highest BCUT2D eigenvalue weighted by Gasteiger charge is 2.26. The van der Waals surface area contributed by atoms with Crippen LogP contribution in [0, 0.1) is 6.92 Å². The summed E-state index contributed by atoms with van der Waals surface area (Å²) in [6.45, 7) is 4.38. The summed E-state index contributed by atoms with van der Waals surface area (Å²) in [5.74, 6) is -0.152. The zero-order valence-corrected chi connectivity index (χ0v) is 15.0. The lowest BCUT2D eigenvalue weighted by Gasteiger charge is -2.17. The summed E-state index contributed by atoms with van der Waals surface area (Å²) in [5.41, 5.74) is 0.784. The molecule has 1 fully saturated rings. The summed E-state index contributed by atoms with van der Waals surface area (Å²) in [4.78, 5) is 12.1. The molecule has 7 nitrogen and oxygen atoms in total. The summed E-state index contributed by atoms with van der Waals surface area (Å²) in [6.07, 6.45) is 1.89. The van der Waals surface area contributed by atoms with Crippen molar-refractivity contribution in [2.75, 3.05) is 20.3 Å². The zero-order valence-electron chi connectivity index (χ0n) is 14.2. The van der Waals surface area contributed by atoms with E-state index in [9.17, 15) is 13.2 Å². The fraction of sp³-hybridized carbons (Fsp3) is 0.562. The van der Waals surface area contributed by atoms with Crippen LogP contribution in [0.25, 0.3) is 0 Å². The monoisotopic (exact) mass is 356 g/mol. The first-order valence-electron chi connectivity index (χ1n) is 7.90. The maximum atomic E-state index is 12.5. The molecule has 1 aromatic carbocycles. The molecule has 2 N–H and O–H groups in total. The van der Waals surface area contributed by atoms with Gasteiger partial charge in [0.1, 0.15) is 10.6 Å². The van der Waals surface area contributed by atoms with E-state index in [0.29, 0.717) is 13.2 Å². The Balaban J connectivity index is 2.02. The molecule has 1 aliphatic rings. The van der Waals surface area contributed by atoms with Crippen LogP contribution >= 0.6 is 0 Å². The van der Waals surface area contributed by atoms with Crippen molar-refractivity contribution in [2.45, 2.75) is 43.7 Å². The highest BCUT2D eigenvalue weighted by atomic mass is 32.2. The quantitative estimate of drug-likeness (QED) is 0.759. The van der Waals surface area contributed by atoms with Gasteiger partial charge in [-0.2, -0.15) is 4.72 Å². The molecular formula is C16H24N2O5S. The van der Waals surface area contributed by atoms with Gasteiger partial charge in [-0.05, 0) is 44.4 Å². The minimum absolute atomic E-state index is 0.00891. The van der Waals surface area contributed by atoms with E-state index < -0.39 is 16.1 Å². The zero-order chi connectivity index (χ0) is 17.7. The van der Waals surface area contributed by atoms with E-state index in [4.69, 9.17) is 9.47 Å². The smallest absolute Gasteiger partial charge is 0.244 e. The number of carbonyl (C=O) groups is 1. The van der Waals surface area contributed by atoms with Gasteiger partial charge in [0.25, 0.3) is 0 Å². The van der Waals surface area contributed by atoms with Gasteiger partial charge in [0.15, 0.2) is 0 Å². The Hall–Kier alpha value is -1.64. The number of rotatable bonds is 7. The van der Waals surface area contributed by atoms with E-state index in [-0.39, 0.29) is 22.7 Å². The minimum atomic E-state index is -3.87. The summed E-state index contributed by atoms with van der Waals surface area (Å²) in [7, 11) is -2.47. The van der Waals surface area contributed by atoms with Gasteiger partial charge in [-0.15, -0.1) is 0 Å². The molecule has 0 radical (unpaired) electrons. The highest BCUT2D eigenvalue weighted by Crippen LogP contribution is 2.24. The lowest BCUT2D eigenvalue weighted by molar-refractivity contribution is -0.122. The van der Waals surface area contributed by atoms with Gasteiger partial charge < -0.3 is 14.8 Å². The molecule has 0 bridgehead atoms. The Bertz CT molecular complexity index is 684. The van der Waals surface area contributed by atoms with Gasteiger partial charge in [-0.1, -0.05) is 6.07 Å². The van der Waals surface area contributed by atoms with Crippen molar-refractivity contribution < 1.29 is 22.7 Å². The lowest BCUT2D eigenvalue weighted by atomic mass is 10.2. The second kappa shape index (κ2) is 7.96. The highest BCUT2D eigenvalue weighted by molar-refractivity contribution is 7.89. The van der Waals surface area contributed by atoms with Crippen molar-refractivity contribution >= 4 is 15.9 Å². The molecule has 1 aromatic rings. The Morgan fingerprint density at radius 2 is 2.21 bits per heavy atom. The standard InChI is InChI=1S/C16H24N2O5S/c1-11-6-7-14(22-3)15(9-11)24(20,21)18-12(2)16(19)17-10-13-5-4-8-23-13/h6-7,9,12-13,18H,4-5,8,10H2,1-3H3,(H,17,19)/t12-,13-/m0/s1. The number of benzene rings is 1. The first kappa shape index (κ1) is 18.7. The average Bonchev–Trinajstić information content (AvgIpc) is 3.05. The number of hydrogen-bond acceptors (Lipinski definition) is 5. The van der Waals surface area contributed by atoms with Gasteiger partial charge >= 0.3 is 0 Å². The fourth-order valence-corrected chi connectivity index (χ4v) is 3.97. The number of hydrogen-bond donors (Lipinski definition) is 2. The van der Waals surface area contributed by atoms with Crippen LogP contribution < -0.4 is 14.8 Å². The summed E-state index contributed by atoms with van der Waals surface area (Å²) >= 11 is 0. The number of methoxy groups -OCH3 is 1. The first-order chi connectivity index (χ1) is 11.3.